The zero-order valence-electron chi connectivity index (χ0n) is 16.3. The number of carbonyl (C=O) groups is 1. The average molecular weight is 381 g/mol. The Morgan fingerprint density at radius 1 is 1.37 bits per heavy atom. The molecule has 27 heavy (non-hydrogen) atoms. The number of hydrogen-bond donors (Lipinski definition) is 1. The van der Waals surface area contributed by atoms with Crippen molar-refractivity contribution in [1.29, 1.82) is 0 Å². The van der Waals surface area contributed by atoms with Crippen LogP contribution in [0.4, 0.5) is 8.78 Å². The normalized spacial score (nSPS) is 33.4. The molecule has 0 spiro atoms. The number of ether oxygens (including phenoxy) is 2. The molecule has 2 aliphatic rings. The lowest BCUT2D eigenvalue weighted by Gasteiger charge is -2.52. The molecule has 4 nitrogen and oxygen atoms in total. The Balaban J connectivity index is 1.88. The van der Waals surface area contributed by atoms with Gasteiger partial charge >= 0.3 is 0 Å². The van der Waals surface area contributed by atoms with Crippen molar-refractivity contribution < 1.29 is 23.0 Å². The van der Waals surface area contributed by atoms with Gasteiger partial charge in [0.25, 0.3) is 0 Å². The van der Waals surface area contributed by atoms with Crippen LogP contribution in [0.2, 0.25) is 0 Å². The van der Waals surface area contributed by atoms with E-state index in [-0.39, 0.29) is 29.9 Å². The minimum absolute atomic E-state index is 0.0807. The maximum Gasteiger partial charge on any atom is 0.222 e. The van der Waals surface area contributed by atoms with Crippen molar-refractivity contribution in [3.05, 3.63) is 35.4 Å². The van der Waals surface area contributed by atoms with E-state index >= 15 is 0 Å². The third-order valence-corrected chi connectivity index (χ3v) is 6.11. The molecule has 5 atom stereocenters. The lowest BCUT2D eigenvalue weighted by atomic mass is 9.66. The highest BCUT2D eigenvalue weighted by Crippen LogP contribution is 2.48. The third kappa shape index (κ3) is 4.32. The SMILES string of the molecule is COCCC(=O)N[C@]1(C)C[C@H](c2cccc(F)c2F)O[C@@H]2C[C@H](C)CC[C@H]21. The average Bonchev–Trinajstić information content (AvgIpc) is 2.61. The zero-order valence-corrected chi connectivity index (χ0v) is 16.3. The van der Waals surface area contributed by atoms with Crippen LogP contribution in [-0.4, -0.2) is 31.3 Å². The highest BCUT2D eigenvalue weighted by molar-refractivity contribution is 5.77. The molecule has 3 rings (SSSR count). The van der Waals surface area contributed by atoms with Crippen molar-refractivity contribution in [2.75, 3.05) is 13.7 Å². The number of rotatable bonds is 5. The van der Waals surface area contributed by atoms with E-state index < -0.39 is 23.3 Å². The monoisotopic (exact) mass is 381 g/mol. The number of benzene rings is 1. The lowest BCUT2D eigenvalue weighted by molar-refractivity contribution is -0.154. The van der Waals surface area contributed by atoms with Gasteiger partial charge in [0.1, 0.15) is 0 Å². The summed E-state index contributed by atoms with van der Waals surface area (Å²) in [6.45, 7) is 4.55. The summed E-state index contributed by atoms with van der Waals surface area (Å²) in [5.41, 5.74) is -0.304. The summed E-state index contributed by atoms with van der Waals surface area (Å²) in [4.78, 5) is 12.4. The van der Waals surface area contributed by atoms with Crippen molar-refractivity contribution in [1.82, 2.24) is 5.32 Å². The van der Waals surface area contributed by atoms with Crippen molar-refractivity contribution in [3.8, 4) is 0 Å². The topological polar surface area (TPSA) is 47.6 Å². The second kappa shape index (κ2) is 8.23. The summed E-state index contributed by atoms with van der Waals surface area (Å²) < 4.78 is 39.4. The molecule has 0 bridgehead atoms. The van der Waals surface area contributed by atoms with Crippen molar-refractivity contribution in [2.45, 2.75) is 63.7 Å². The van der Waals surface area contributed by atoms with Gasteiger partial charge in [-0.3, -0.25) is 4.79 Å². The van der Waals surface area contributed by atoms with Crippen molar-refractivity contribution >= 4 is 5.91 Å². The maximum atomic E-state index is 14.4. The summed E-state index contributed by atoms with van der Waals surface area (Å²) in [6.07, 6.45) is 2.92. The fourth-order valence-electron chi connectivity index (χ4n) is 4.68. The number of amides is 1. The fraction of sp³-hybridized carbons (Fsp3) is 0.667. The highest BCUT2D eigenvalue weighted by atomic mass is 19.2. The Hall–Kier alpha value is -1.53. The van der Waals surface area contributed by atoms with Crippen molar-refractivity contribution in [3.63, 3.8) is 0 Å². The summed E-state index contributed by atoms with van der Waals surface area (Å²) >= 11 is 0. The number of hydrogen-bond acceptors (Lipinski definition) is 3. The summed E-state index contributed by atoms with van der Waals surface area (Å²) in [5.74, 6) is -1.15. The van der Waals surface area contributed by atoms with E-state index in [4.69, 9.17) is 9.47 Å². The first kappa shape index (κ1) is 20.2. The van der Waals surface area contributed by atoms with Gasteiger partial charge < -0.3 is 14.8 Å². The van der Waals surface area contributed by atoms with Gasteiger partial charge in [-0.05, 0) is 31.7 Å². The predicted octanol–water partition coefficient (Wildman–Crippen LogP) is 4.14. The van der Waals surface area contributed by atoms with Crippen LogP contribution in [0.3, 0.4) is 0 Å². The smallest absolute Gasteiger partial charge is 0.222 e. The second-order valence-electron chi connectivity index (χ2n) is 8.24. The molecule has 1 saturated carbocycles. The van der Waals surface area contributed by atoms with E-state index in [0.29, 0.717) is 18.9 Å². The first-order chi connectivity index (χ1) is 12.8. The van der Waals surface area contributed by atoms with E-state index in [1.54, 1.807) is 13.2 Å². The zero-order chi connectivity index (χ0) is 19.6. The van der Waals surface area contributed by atoms with Crippen LogP contribution in [0.1, 0.15) is 57.6 Å². The summed E-state index contributed by atoms with van der Waals surface area (Å²) in [6, 6.07) is 4.18. The molecule has 1 aromatic carbocycles. The van der Waals surface area contributed by atoms with E-state index in [0.717, 1.165) is 25.3 Å². The Morgan fingerprint density at radius 2 is 2.15 bits per heavy atom. The molecule has 1 heterocycles. The number of nitrogens with one attached hydrogen (secondary N) is 1. The van der Waals surface area contributed by atoms with Crippen LogP contribution in [-0.2, 0) is 14.3 Å². The quantitative estimate of drug-likeness (QED) is 0.834. The molecule has 1 aromatic rings. The molecule has 0 aromatic heterocycles. The number of fused-ring (bicyclic) bond motifs is 1. The standard InChI is InChI=1S/C21H29F2NO3/c1-13-7-8-15-17(11-13)27-18(14-5-4-6-16(22)20(14)23)12-21(15,2)24-19(25)9-10-26-3/h4-6,13,15,17-18H,7-12H2,1-3H3,(H,24,25)/t13-,15-,17-,18-,21-/m1/s1. The van der Waals surface area contributed by atoms with Gasteiger partial charge in [0.15, 0.2) is 11.6 Å². The van der Waals surface area contributed by atoms with Crippen LogP contribution in [0.5, 0.6) is 0 Å². The van der Waals surface area contributed by atoms with E-state index in [1.807, 2.05) is 6.92 Å². The highest BCUT2D eigenvalue weighted by Gasteiger charge is 2.49. The first-order valence-corrected chi connectivity index (χ1v) is 9.73. The number of carbonyl (C=O) groups excluding carboxylic acids is 1. The molecule has 1 amide bonds. The molecule has 1 aliphatic heterocycles. The molecule has 150 valence electrons. The Morgan fingerprint density at radius 3 is 2.89 bits per heavy atom. The first-order valence-electron chi connectivity index (χ1n) is 9.73. The van der Waals surface area contributed by atoms with E-state index in [2.05, 4.69) is 12.2 Å². The Labute approximate surface area is 159 Å². The van der Waals surface area contributed by atoms with Gasteiger partial charge in [-0.15, -0.1) is 0 Å². The minimum Gasteiger partial charge on any atom is -0.384 e. The molecule has 0 radical (unpaired) electrons. The largest absolute Gasteiger partial charge is 0.384 e. The molecule has 0 unspecified atom stereocenters. The van der Waals surface area contributed by atoms with E-state index in [1.165, 1.54) is 6.07 Å². The van der Waals surface area contributed by atoms with Crippen LogP contribution < -0.4 is 5.32 Å². The molecule has 6 heteroatoms. The summed E-state index contributed by atoms with van der Waals surface area (Å²) in [5, 5.41) is 3.16. The fourth-order valence-corrected chi connectivity index (χ4v) is 4.68. The van der Waals surface area contributed by atoms with Gasteiger partial charge in [-0.25, -0.2) is 8.78 Å². The Bertz CT molecular complexity index is 683. The summed E-state index contributed by atoms with van der Waals surface area (Å²) in [7, 11) is 1.56. The number of halogens is 2. The van der Waals surface area contributed by atoms with Crippen LogP contribution in [0.15, 0.2) is 18.2 Å². The maximum absolute atomic E-state index is 14.4. The predicted molar refractivity (Wildman–Crippen MR) is 98.1 cm³/mol. The van der Waals surface area contributed by atoms with Gasteiger partial charge in [0, 0.05) is 37.0 Å². The van der Waals surface area contributed by atoms with Crippen LogP contribution >= 0.6 is 0 Å². The molecule has 2 fully saturated rings. The van der Waals surface area contributed by atoms with Gasteiger partial charge in [-0.2, -0.15) is 0 Å². The Kier molecular flexibility index (Phi) is 6.16. The molecule has 1 aliphatic carbocycles. The van der Waals surface area contributed by atoms with Gasteiger partial charge in [0.05, 0.1) is 18.8 Å². The molecular weight excluding hydrogens is 352 g/mol. The van der Waals surface area contributed by atoms with Gasteiger partial charge in [-0.1, -0.05) is 25.5 Å². The number of methoxy groups -OCH3 is 1. The second-order valence-corrected chi connectivity index (χ2v) is 8.24. The molecule has 1 saturated heterocycles. The van der Waals surface area contributed by atoms with E-state index in [9.17, 15) is 13.6 Å². The van der Waals surface area contributed by atoms with Crippen molar-refractivity contribution in [2.24, 2.45) is 11.8 Å². The lowest BCUT2D eigenvalue weighted by Crippen LogP contribution is -2.60. The molecule has 1 N–H and O–H groups in total. The van der Waals surface area contributed by atoms with Gasteiger partial charge in [0.2, 0.25) is 5.91 Å². The minimum atomic E-state index is -0.874. The van der Waals surface area contributed by atoms with Crippen LogP contribution in [0.25, 0.3) is 0 Å². The van der Waals surface area contributed by atoms with Crippen LogP contribution in [0, 0.1) is 23.5 Å². The third-order valence-electron chi connectivity index (χ3n) is 6.11. The molecular formula is C21H29F2NO3.